The van der Waals surface area contributed by atoms with Crippen LogP contribution in [0.3, 0.4) is 0 Å². The third kappa shape index (κ3) is 3.34. The van der Waals surface area contributed by atoms with Gasteiger partial charge < -0.3 is 15.2 Å². The molecule has 0 saturated carbocycles. The van der Waals surface area contributed by atoms with E-state index in [1.807, 2.05) is 0 Å². The van der Waals surface area contributed by atoms with E-state index in [-0.39, 0.29) is 0 Å². The minimum absolute atomic E-state index is 0.367. The molecule has 5 nitrogen and oxygen atoms in total. The molecule has 2 N–H and O–H groups in total. The van der Waals surface area contributed by atoms with Crippen LogP contribution in [0.4, 0.5) is 5.69 Å². The lowest BCUT2D eigenvalue weighted by molar-refractivity contribution is -0.134. The molecule has 0 aliphatic rings. The van der Waals surface area contributed by atoms with E-state index in [9.17, 15) is 9.59 Å². The number of nitrogen functional groups attached to an aromatic ring is 1. The van der Waals surface area contributed by atoms with E-state index in [4.69, 9.17) is 5.73 Å². The number of carbonyl (C=O) groups is 2. The Hall–Kier alpha value is -2.30. The Labute approximate surface area is 98.8 Å². The average Bonchev–Trinajstić information content (AvgIpc) is 2.36. The van der Waals surface area contributed by atoms with Crippen LogP contribution in [0.5, 0.6) is 0 Å². The van der Waals surface area contributed by atoms with Gasteiger partial charge in [-0.15, -0.1) is 0 Å². The van der Waals surface area contributed by atoms with Gasteiger partial charge >= 0.3 is 11.9 Å². The second-order valence-corrected chi connectivity index (χ2v) is 3.19. The summed E-state index contributed by atoms with van der Waals surface area (Å²) >= 11 is 0. The number of rotatable bonds is 3. The Morgan fingerprint density at radius 2 is 1.94 bits per heavy atom. The summed E-state index contributed by atoms with van der Waals surface area (Å²) in [5.41, 5.74) is 7.08. The van der Waals surface area contributed by atoms with E-state index in [1.54, 1.807) is 18.2 Å². The summed E-state index contributed by atoms with van der Waals surface area (Å²) < 4.78 is 9.03. The Bertz CT molecular complexity index is 466. The summed E-state index contributed by atoms with van der Waals surface area (Å²) in [4.78, 5) is 22.2. The van der Waals surface area contributed by atoms with Gasteiger partial charge in [0.25, 0.3) is 0 Å². The van der Waals surface area contributed by atoms with Gasteiger partial charge in [-0.05, 0) is 29.8 Å². The lowest BCUT2D eigenvalue weighted by Crippen LogP contribution is -2.02. The lowest BCUT2D eigenvalue weighted by atomic mass is 10.1. The van der Waals surface area contributed by atoms with Crippen molar-refractivity contribution in [3.8, 4) is 0 Å². The highest BCUT2D eigenvalue weighted by atomic mass is 16.5. The molecule has 5 heteroatoms. The second kappa shape index (κ2) is 5.69. The van der Waals surface area contributed by atoms with Crippen molar-refractivity contribution >= 4 is 23.7 Å². The maximum Gasteiger partial charge on any atom is 0.337 e. The minimum atomic E-state index is -0.493. The first-order valence-electron chi connectivity index (χ1n) is 4.82. The zero-order chi connectivity index (χ0) is 12.8. The van der Waals surface area contributed by atoms with Gasteiger partial charge in [-0.2, -0.15) is 0 Å². The summed E-state index contributed by atoms with van der Waals surface area (Å²) in [6, 6.07) is 4.67. The number of ether oxygens (including phenoxy) is 2. The molecule has 0 atom stereocenters. The van der Waals surface area contributed by atoms with Crippen molar-refractivity contribution < 1.29 is 19.1 Å². The van der Waals surface area contributed by atoms with Crippen LogP contribution in [-0.2, 0) is 14.3 Å². The molecule has 0 heterocycles. The van der Waals surface area contributed by atoms with Gasteiger partial charge in [0.15, 0.2) is 0 Å². The van der Waals surface area contributed by atoms with Gasteiger partial charge in [0.2, 0.25) is 0 Å². The number of benzene rings is 1. The van der Waals surface area contributed by atoms with Crippen LogP contribution < -0.4 is 5.73 Å². The molecule has 0 amide bonds. The largest absolute Gasteiger partial charge is 0.466 e. The molecule has 0 unspecified atom stereocenters. The fraction of sp³-hybridized carbons (Fsp3) is 0.167. The molecule has 0 aromatic heterocycles. The first kappa shape index (κ1) is 12.8. The number of hydrogen-bond acceptors (Lipinski definition) is 5. The molecule has 0 saturated heterocycles. The Balaban J connectivity index is 3.02. The normalized spacial score (nSPS) is 10.2. The van der Waals surface area contributed by atoms with Gasteiger partial charge in [-0.1, -0.05) is 0 Å². The predicted octanol–water partition coefficient (Wildman–Crippen LogP) is 1.24. The summed E-state index contributed by atoms with van der Waals surface area (Å²) in [6.07, 6.45) is 2.71. The molecular weight excluding hydrogens is 222 g/mol. The number of methoxy groups -OCH3 is 2. The summed E-state index contributed by atoms with van der Waals surface area (Å²) in [5, 5.41) is 0. The Morgan fingerprint density at radius 3 is 2.53 bits per heavy atom. The molecule has 0 aliphatic heterocycles. The maximum absolute atomic E-state index is 11.3. The van der Waals surface area contributed by atoms with Crippen molar-refractivity contribution in [3.63, 3.8) is 0 Å². The number of esters is 2. The molecule has 0 radical (unpaired) electrons. The van der Waals surface area contributed by atoms with Crippen LogP contribution in [-0.4, -0.2) is 26.2 Å². The van der Waals surface area contributed by atoms with Crippen molar-refractivity contribution in [1.29, 1.82) is 0 Å². The highest BCUT2D eigenvalue weighted by Crippen LogP contribution is 2.16. The molecule has 0 bridgehead atoms. The van der Waals surface area contributed by atoms with Crippen LogP contribution in [0.2, 0.25) is 0 Å². The zero-order valence-corrected chi connectivity index (χ0v) is 9.60. The number of nitrogens with two attached hydrogens (primary N) is 1. The van der Waals surface area contributed by atoms with Crippen molar-refractivity contribution in [3.05, 3.63) is 35.4 Å². The minimum Gasteiger partial charge on any atom is -0.466 e. The van der Waals surface area contributed by atoms with Gasteiger partial charge in [0.05, 0.1) is 19.8 Å². The average molecular weight is 235 g/mol. The monoisotopic (exact) mass is 235 g/mol. The summed E-state index contributed by atoms with van der Waals surface area (Å²) in [5.74, 6) is -0.953. The Kier molecular flexibility index (Phi) is 4.28. The standard InChI is InChI=1S/C12H13NO4/c1-16-11(14)6-4-8-7-9(12(15)17-2)3-5-10(8)13/h3-7H,13H2,1-2H3/b6-4+. The number of anilines is 1. The molecule has 1 aromatic rings. The van der Waals surface area contributed by atoms with Gasteiger partial charge in [0, 0.05) is 11.8 Å². The highest BCUT2D eigenvalue weighted by Gasteiger charge is 2.07. The van der Waals surface area contributed by atoms with Gasteiger partial charge in [-0.3, -0.25) is 0 Å². The van der Waals surface area contributed by atoms with Crippen LogP contribution >= 0.6 is 0 Å². The fourth-order valence-corrected chi connectivity index (χ4v) is 1.19. The van der Waals surface area contributed by atoms with E-state index in [2.05, 4.69) is 9.47 Å². The van der Waals surface area contributed by atoms with E-state index in [0.717, 1.165) is 0 Å². The number of carbonyl (C=O) groups excluding carboxylic acids is 2. The van der Waals surface area contributed by atoms with Crippen molar-refractivity contribution in [2.45, 2.75) is 0 Å². The van der Waals surface area contributed by atoms with Crippen molar-refractivity contribution in [1.82, 2.24) is 0 Å². The molecule has 0 spiro atoms. The molecular formula is C12H13NO4. The molecule has 1 rings (SSSR count). The van der Waals surface area contributed by atoms with Crippen molar-refractivity contribution in [2.24, 2.45) is 0 Å². The van der Waals surface area contributed by atoms with E-state index < -0.39 is 11.9 Å². The first-order valence-corrected chi connectivity index (χ1v) is 4.82. The smallest absolute Gasteiger partial charge is 0.337 e. The summed E-state index contributed by atoms with van der Waals surface area (Å²) in [7, 11) is 2.57. The third-order valence-corrected chi connectivity index (χ3v) is 2.11. The van der Waals surface area contributed by atoms with Gasteiger partial charge in [0.1, 0.15) is 0 Å². The van der Waals surface area contributed by atoms with E-state index >= 15 is 0 Å². The molecule has 0 fully saturated rings. The third-order valence-electron chi connectivity index (χ3n) is 2.11. The highest BCUT2D eigenvalue weighted by molar-refractivity contribution is 5.92. The maximum atomic E-state index is 11.3. The van der Waals surface area contributed by atoms with E-state index in [0.29, 0.717) is 16.8 Å². The van der Waals surface area contributed by atoms with Gasteiger partial charge in [-0.25, -0.2) is 9.59 Å². The van der Waals surface area contributed by atoms with Crippen LogP contribution in [0, 0.1) is 0 Å². The van der Waals surface area contributed by atoms with Crippen molar-refractivity contribution in [2.75, 3.05) is 20.0 Å². The molecule has 17 heavy (non-hydrogen) atoms. The van der Waals surface area contributed by atoms with Crippen LogP contribution in [0.25, 0.3) is 6.08 Å². The number of hydrogen-bond donors (Lipinski definition) is 1. The quantitative estimate of drug-likeness (QED) is 0.484. The second-order valence-electron chi connectivity index (χ2n) is 3.19. The topological polar surface area (TPSA) is 78.6 Å². The van der Waals surface area contributed by atoms with Crippen LogP contribution in [0.1, 0.15) is 15.9 Å². The lowest BCUT2D eigenvalue weighted by Gasteiger charge is -2.03. The molecule has 1 aromatic carbocycles. The SMILES string of the molecule is COC(=O)/C=C/c1cc(C(=O)OC)ccc1N. The Morgan fingerprint density at radius 1 is 1.24 bits per heavy atom. The van der Waals surface area contributed by atoms with Crippen LogP contribution in [0.15, 0.2) is 24.3 Å². The molecule has 0 aliphatic carbocycles. The summed E-state index contributed by atoms with van der Waals surface area (Å²) in [6.45, 7) is 0. The predicted molar refractivity (Wildman–Crippen MR) is 63.2 cm³/mol. The zero-order valence-electron chi connectivity index (χ0n) is 9.60. The first-order chi connectivity index (χ1) is 8.08. The fourth-order valence-electron chi connectivity index (χ4n) is 1.19. The molecule has 90 valence electrons. The van der Waals surface area contributed by atoms with E-state index in [1.165, 1.54) is 26.4 Å².